The van der Waals surface area contributed by atoms with Gasteiger partial charge < -0.3 is 0 Å². The number of hydrogen-bond acceptors (Lipinski definition) is 4. The van der Waals surface area contributed by atoms with Crippen molar-refractivity contribution in [2.75, 3.05) is 13.1 Å². The number of nitrogens with zero attached hydrogens (tertiary/aromatic N) is 4. The molecule has 0 atom stereocenters. The van der Waals surface area contributed by atoms with Crippen LogP contribution in [0.5, 0.6) is 0 Å². The highest BCUT2D eigenvalue weighted by molar-refractivity contribution is 5.77. The fraction of sp³-hybridized carbons (Fsp3) is 0.100. The molecule has 0 unspecified atom stereocenters. The predicted octanol–water partition coefficient (Wildman–Crippen LogP) is 2.58. The van der Waals surface area contributed by atoms with Crippen LogP contribution >= 0.6 is 0 Å². The zero-order valence-corrected chi connectivity index (χ0v) is 13.1. The molecule has 0 aromatic carbocycles. The standard InChI is InChI=1S/C20H16N4/c1(3-7-13-21-17-19-11-5-9-15-23-19)2-4-8-14-22-18-20-12-6-10-16-24-20/h1-2,5-6,9-12,15-18H,13-14H2. The van der Waals surface area contributed by atoms with Crippen molar-refractivity contribution < 1.29 is 0 Å². The van der Waals surface area contributed by atoms with Crippen LogP contribution in [0.15, 0.2) is 70.9 Å². The molecule has 0 aliphatic heterocycles. The Morgan fingerprint density at radius 1 is 0.750 bits per heavy atom. The summed E-state index contributed by atoms with van der Waals surface area (Å²) in [6.07, 6.45) is 10.3. The van der Waals surface area contributed by atoms with Crippen LogP contribution < -0.4 is 0 Å². The average Bonchev–Trinajstić information content (AvgIpc) is 2.64. The second-order valence-electron chi connectivity index (χ2n) is 4.42. The average molecular weight is 312 g/mol. The number of aromatic nitrogens is 2. The third-order valence-electron chi connectivity index (χ3n) is 2.62. The van der Waals surface area contributed by atoms with E-state index in [1.807, 2.05) is 36.4 Å². The van der Waals surface area contributed by atoms with E-state index in [2.05, 4.69) is 43.6 Å². The lowest BCUT2D eigenvalue weighted by Crippen LogP contribution is -1.85. The largest absolute Gasteiger partial charge is 0.278 e. The van der Waals surface area contributed by atoms with Crippen LogP contribution in [0.25, 0.3) is 0 Å². The summed E-state index contributed by atoms with van der Waals surface area (Å²) >= 11 is 0. The number of rotatable bonds is 4. The summed E-state index contributed by atoms with van der Waals surface area (Å²) in [5.41, 5.74) is 1.65. The monoisotopic (exact) mass is 312 g/mol. The Hall–Kier alpha value is -3.50. The van der Waals surface area contributed by atoms with E-state index in [0.29, 0.717) is 13.1 Å². The normalized spacial score (nSPS) is 10.5. The quantitative estimate of drug-likeness (QED) is 0.643. The van der Waals surface area contributed by atoms with Gasteiger partial charge >= 0.3 is 0 Å². The summed E-state index contributed by atoms with van der Waals surface area (Å²) in [5, 5.41) is 0. The Labute approximate surface area is 142 Å². The predicted molar refractivity (Wildman–Crippen MR) is 98.1 cm³/mol. The van der Waals surface area contributed by atoms with Crippen LogP contribution in [-0.2, 0) is 0 Å². The van der Waals surface area contributed by atoms with Crippen LogP contribution in [0, 0.1) is 23.7 Å². The Morgan fingerprint density at radius 3 is 1.67 bits per heavy atom. The van der Waals surface area contributed by atoms with Crippen molar-refractivity contribution in [3.8, 4) is 23.7 Å². The molecule has 2 aromatic heterocycles. The first-order valence-corrected chi connectivity index (χ1v) is 7.38. The molecule has 0 N–H and O–H groups in total. The Morgan fingerprint density at radius 2 is 1.25 bits per heavy atom. The topological polar surface area (TPSA) is 50.5 Å². The van der Waals surface area contributed by atoms with Gasteiger partial charge in [-0.15, -0.1) is 0 Å². The molecule has 2 heterocycles. The van der Waals surface area contributed by atoms with Crippen LogP contribution in [-0.4, -0.2) is 35.5 Å². The molecular formula is C20H16N4. The Kier molecular flexibility index (Phi) is 7.81. The summed E-state index contributed by atoms with van der Waals surface area (Å²) in [6.45, 7) is 0.866. The number of hydrogen-bond donors (Lipinski definition) is 0. The molecule has 0 saturated heterocycles. The van der Waals surface area contributed by atoms with Gasteiger partial charge in [-0.05, 0) is 36.4 Å². The van der Waals surface area contributed by atoms with E-state index in [-0.39, 0.29) is 0 Å². The van der Waals surface area contributed by atoms with Gasteiger partial charge in [0.05, 0.1) is 11.4 Å². The maximum absolute atomic E-state index is 4.17. The van der Waals surface area contributed by atoms with Gasteiger partial charge in [0, 0.05) is 24.8 Å². The molecule has 0 saturated carbocycles. The van der Waals surface area contributed by atoms with Gasteiger partial charge in [0.2, 0.25) is 0 Å². The van der Waals surface area contributed by atoms with E-state index in [9.17, 15) is 0 Å². The Bertz CT molecular complexity index is 742. The molecule has 2 rings (SSSR count). The highest BCUT2D eigenvalue weighted by atomic mass is 14.7. The van der Waals surface area contributed by atoms with Crippen molar-refractivity contribution in [2.24, 2.45) is 9.98 Å². The fourth-order valence-corrected chi connectivity index (χ4v) is 1.57. The molecule has 0 aliphatic rings. The van der Waals surface area contributed by atoms with Gasteiger partial charge in [0.1, 0.15) is 13.1 Å². The van der Waals surface area contributed by atoms with Crippen molar-refractivity contribution in [1.29, 1.82) is 0 Å². The van der Waals surface area contributed by atoms with E-state index in [1.165, 1.54) is 0 Å². The van der Waals surface area contributed by atoms with E-state index in [1.54, 1.807) is 37.0 Å². The lowest BCUT2D eigenvalue weighted by Gasteiger charge is -1.87. The molecule has 24 heavy (non-hydrogen) atoms. The molecular weight excluding hydrogens is 296 g/mol. The van der Waals surface area contributed by atoms with Gasteiger partial charge in [-0.2, -0.15) is 0 Å². The Balaban J connectivity index is 1.65. The third kappa shape index (κ3) is 7.49. The maximum atomic E-state index is 4.17. The fourth-order valence-electron chi connectivity index (χ4n) is 1.57. The molecule has 0 amide bonds. The molecule has 4 heteroatoms. The van der Waals surface area contributed by atoms with Crippen LogP contribution in [0.2, 0.25) is 0 Å². The van der Waals surface area contributed by atoms with E-state index in [0.717, 1.165) is 11.4 Å². The van der Waals surface area contributed by atoms with Gasteiger partial charge in [-0.25, -0.2) is 0 Å². The highest BCUT2D eigenvalue weighted by Crippen LogP contribution is 1.88. The van der Waals surface area contributed by atoms with Crippen LogP contribution in [0.4, 0.5) is 0 Å². The third-order valence-corrected chi connectivity index (χ3v) is 2.62. The van der Waals surface area contributed by atoms with Crippen molar-refractivity contribution in [2.45, 2.75) is 0 Å². The second kappa shape index (κ2) is 11.1. The van der Waals surface area contributed by atoms with E-state index >= 15 is 0 Å². The van der Waals surface area contributed by atoms with Gasteiger partial charge in [-0.1, -0.05) is 35.8 Å². The van der Waals surface area contributed by atoms with Crippen molar-refractivity contribution in [1.82, 2.24) is 9.97 Å². The molecule has 4 nitrogen and oxygen atoms in total. The first-order valence-electron chi connectivity index (χ1n) is 7.38. The molecule has 0 spiro atoms. The molecule has 0 bridgehead atoms. The van der Waals surface area contributed by atoms with Crippen LogP contribution in [0.3, 0.4) is 0 Å². The summed E-state index contributed by atoms with van der Waals surface area (Å²) in [6, 6.07) is 11.4. The zero-order chi connectivity index (χ0) is 16.7. The summed E-state index contributed by atoms with van der Waals surface area (Å²) < 4.78 is 0. The lowest BCUT2D eigenvalue weighted by atomic mass is 10.4. The number of pyridine rings is 2. The second-order valence-corrected chi connectivity index (χ2v) is 4.42. The minimum Gasteiger partial charge on any atom is -0.278 e. The summed E-state index contributed by atoms with van der Waals surface area (Å²) in [5.74, 6) is 11.6. The van der Waals surface area contributed by atoms with E-state index in [4.69, 9.17) is 0 Å². The van der Waals surface area contributed by atoms with Crippen LogP contribution in [0.1, 0.15) is 11.4 Å². The lowest BCUT2D eigenvalue weighted by molar-refractivity contribution is 1.26. The minimum absolute atomic E-state index is 0.433. The summed E-state index contributed by atoms with van der Waals surface area (Å²) in [7, 11) is 0. The number of allylic oxidation sites excluding steroid dienone is 2. The summed E-state index contributed by atoms with van der Waals surface area (Å²) in [4.78, 5) is 16.6. The number of aliphatic imine (C=N–C) groups is 2. The molecule has 116 valence electrons. The molecule has 0 aliphatic carbocycles. The highest BCUT2D eigenvalue weighted by Gasteiger charge is 1.83. The molecule has 0 radical (unpaired) electrons. The van der Waals surface area contributed by atoms with Gasteiger partial charge in [0.15, 0.2) is 0 Å². The minimum atomic E-state index is 0.433. The van der Waals surface area contributed by atoms with E-state index < -0.39 is 0 Å². The van der Waals surface area contributed by atoms with Crippen molar-refractivity contribution >= 4 is 12.4 Å². The maximum Gasteiger partial charge on any atom is 0.100 e. The molecule has 0 fully saturated rings. The zero-order valence-electron chi connectivity index (χ0n) is 13.1. The first kappa shape index (κ1) is 16.9. The SMILES string of the molecule is C(#CCN=Cc1ccccn1)C=CC#CCN=Cc1ccccn1. The smallest absolute Gasteiger partial charge is 0.100 e. The van der Waals surface area contributed by atoms with Gasteiger partial charge in [-0.3, -0.25) is 20.0 Å². The first-order chi connectivity index (χ1) is 11.9. The molecule has 2 aromatic rings. The van der Waals surface area contributed by atoms with Crippen molar-refractivity contribution in [3.63, 3.8) is 0 Å². The van der Waals surface area contributed by atoms with Gasteiger partial charge in [0.25, 0.3) is 0 Å². The van der Waals surface area contributed by atoms with Crippen molar-refractivity contribution in [3.05, 3.63) is 72.3 Å².